The lowest BCUT2D eigenvalue weighted by atomic mass is 9.95. The van der Waals surface area contributed by atoms with E-state index in [9.17, 15) is 0 Å². The summed E-state index contributed by atoms with van der Waals surface area (Å²) in [6.07, 6.45) is 2.06. The zero-order chi connectivity index (χ0) is 49.8. The molecule has 0 saturated carbocycles. The summed E-state index contributed by atoms with van der Waals surface area (Å²) < 4.78 is 9.72. The van der Waals surface area contributed by atoms with Crippen molar-refractivity contribution in [1.29, 1.82) is 0 Å². The Hall–Kier alpha value is -9.60. The summed E-state index contributed by atoms with van der Waals surface area (Å²) in [6, 6.07) is 84.2. The van der Waals surface area contributed by atoms with Gasteiger partial charge in [-0.05, 0) is 72.3 Å². The normalized spacial score (nSPS) is 11.9. The number of pyridine rings is 1. The van der Waals surface area contributed by atoms with Gasteiger partial charge in [-0.25, -0.2) is 15.0 Å². The van der Waals surface area contributed by atoms with Crippen molar-refractivity contribution in [3.63, 3.8) is 0 Å². The number of nitrogens with zero attached hydrogens (tertiary/aromatic N) is 6. The maximum Gasteiger partial charge on any atom is 0.166 e. The quantitative estimate of drug-likeness (QED) is 0.160. The van der Waals surface area contributed by atoms with Gasteiger partial charge in [0.1, 0.15) is 0 Å². The van der Waals surface area contributed by atoms with Gasteiger partial charge in [0, 0.05) is 107 Å². The molecule has 0 aliphatic carbocycles. The van der Waals surface area contributed by atoms with Crippen LogP contribution in [0.1, 0.15) is 0 Å². The van der Waals surface area contributed by atoms with Crippen LogP contribution in [0.2, 0.25) is 0 Å². The first-order valence-corrected chi connectivity index (χ1v) is 27.1. The van der Waals surface area contributed by atoms with Crippen LogP contribution in [0.25, 0.3) is 152 Å². The van der Waals surface area contributed by atoms with Crippen LogP contribution in [0.3, 0.4) is 0 Å². The average molecular weight is 1010 g/mol. The maximum atomic E-state index is 5.60. The summed E-state index contributed by atoms with van der Waals surface area (Å²) in [5.41, 5.74) is 13.6. The Balaban J connectivity index is 0.963. The first-order chi connectivity index (χ1) is 37.7. The molecule has 16 rings (SSSR count). The first-order valence-electron chi connectivity index (χ1n) is 25.5. The molecule has 16 aromatic rings. The smallest absolute Gasteiger partial charge is 0.166 e. The minimum absolute atomic E-state index is 0.555. The molecule has 0 aliphatic heterocycles. The summed E-state index contributed by atoms with van der Waals surface area (Å²) in [7, 11) is 0. The SMILES string of the molecule is c1ccc(-c2nc(-c3ccccc3)nc(-c3cc(-c4cccc5sc6c(ccc7c6c6ccccc6n7-c6ccccc6)c45)cnc3-c3cccc4sc5c(ccc6c5c5ccccc5n6-c5ccccc5)c34)n2)cc1. The molecule has 0 N–H and O–H groups in total. The minimum Gasteiger partial charge on any atom is -0.309 e. The van der Waals surface area contributed by atoms with Crippen LogP contribution in [-0.2, 0) is 0 Å². The van der Waals surface area contributed by atoms with Gasteiger partial charge in [0.2, 0.25) is 0 Å². The van der Waals surface area contributed by atoms with Gasteiger partial charge in [0.15, 0.2) is 17.5 Å². The number of hydrogen-bond donors (Lipinski definition) is 0. The Bertz CT molecular complexity index is 4920. The molecule has 8 heteroatoms. The van der Waals surface area contributed by atoms with E-state index >= 15 is 0 Å². The Morgan fingerprint density at radius 3 is 1.28 bits per heavy atom. The lowest BCUT2D eigenvalue weighted by Gasteiger charge is -2.15. The maximum absolute atomic E-state index is 5.60. The van der Waals surface area contributed by atoms with Gasteiger partial charge in [-0.15, -0.1) is 22.7 Å². The fourth-order valence-corrected chi connectivity index (χ4v) is 14.3. The van der Waals surface area contributed by atoms with E-state index < -0.39 is 0 Å². The monoisotopic (exact) mass is 1000 g/mol. The van der Waals surface area contributed by atoms with Crippen molar-refractivity contribution in [3.8, 4) is 67.9 Å². The van der Waals surface area contributed by atoms with E-state index in [1.54, 1.807) is 0 Å². The van der Waals surface area contributed by atoms with Gasteiger partial charge < -0.3 is 9.13 Å². The summed E-state index contributed by atoms with van der Waals surface area (Å²) in [5, 5.41) is 9.77. The summed E-state index contributed by atoms with van der Waals surface area (Å²) >= 11 is 3.71. The van der Waals surface area contributed by atoms with Crippen molar-refractivity contribution in [1.82, 2.24) is 29.1 Å². The summed E-state index contributed by atoms with van der Waals surface area (Å²) in [5.74, 6) is 1.75. The van der Waals surface area contributed by atoms with Crippen LogP contribution in [0.5, 0.6) is 0 Å². The zero-order valence-electron chi connectivity index (χ0n) is 40.6. The van der Waals surface area contributed by atoms with Crippen LogP contribution >= 0.6 is 22.7 Å². The zero-order valence-corrected chi connectivity index (χ0v) is 42.2. The molecule has 0 aliphatic rings. The lowest BCUT2D eigenvalue weighted by molar-refractivity contribution is 1.07. The molecule has 0 amide bonds. The van der Waals surface area contributed by atoms with E-state index in [2.05, 4.69) is 216 Å². The van der Waals surface area contributed by atoms with Crippen molar-refractivity contribution in [2.24, 2.45) is 0 Å². The number of aromatic nitrogens is 6. The molecule has 6 aromatic heterocycles. The van der Waals surface area contributed by atoms with Crippen molar-refractivity contribution in [2.45, 2.75) is 0 Å². The van der Waals surface area contributed by atoms with Crippen molar-refractivity contribution < 1.29 is 0 Å². The van der Waals surface area contributed by atoms with Gasteiger partial charge in [-0.2, -0.15) is 0 Å². The molecule has 0 spiro atoms. The van der Waals surface area contributed by atoms with Gasteiger partial charge >= 0.3 is 0 Å². The van der Waals surface area contributed by atoms with Crippen LogP contribution in [-0.4, -0.2) is 29.1 Å². The average Bonchev–Trinajstić information content (AvgIpc) is 4.28. The van der Waals surface area contributed by atoms with Crippen LogP contribution in [0.4, 0.5) is 0 Å². The predicted molar refractivity (Wildman–Crippen MR) is 319 cm³/mol. The largest absolute Gasteiger partial charge is 0.309 e. The van der Waals surface area contributed by atoms with Crippen LogP contribution in [0, 0.1) is 0 Å². The van der Waals surface area contributed by atoms with Gasteiger partial charge in [-0.1, -0.05) is 170 Å². The third-order valence-electron chi connectivity index (χ3n) is 15.0. The van der Waals surface area contributed by atoms with E-state index in [1.165, 1.54) is 78.6 Å². The Morgan fingerprint density at radius 1 is 0.303 bits per heavy atom. The highest BCUT2D eigenvalue weighted by Crippen LogP contribution is 2.49. The molecule has 76 heavy (non-hydrogen) atoms. The Kier molecular flexibility index (Phi) is 9.57. The van der Waals surface area contributed by atoms with Crippen molar-refractivity contribution in [3.05, 3.63) is 243 Å². The molecular formula is C68H40N6S2. The van der Waals surface area contributed by atoms with Crippen molar-refractivity contribution >= 4 is 107 Å². The molecule has 0 fully saturated rings. The second-order valence-electron chi connectivity index (χ2n) is 19.3. The topological polar surface area (TPSA) is 61.4 Å². The highest BCUT2D eigenvalue weighted by atomic mass is 32.1. The van der Waals surface area contributed by atoms with E-state index in [4.69, 9.17) is 19.9 Å². The molecule has 0 unspecified atom stereocenters. The number of para-hydroxylation sites is 4. The fraction of sp³-hybridized carbons (Fsp3) is 0. The number of fused-ring (bicyclic) bond motifs is 14. The fourth-order valence-electron chi connectivity index (χ4n) is 11.7. The highest BCUT2D eigenvalue weighted by molar-refractivity contribution is 7.27. The van der Waals surface area contributed by atoms with E-state index in [0.717, 1.165) is 55.8 Å². The molecule has 0 radical (unpaired) electrons. The Morgan fingerprint density at radius 2 is 0.750 bits per heavy atom. The molecule has 6 heterocycles. The van der Waals surface area contributed by atoms with Crippen molar-refractivity contribution in [2.75, 3.05) is 0 Å². The molecule has 0 atom stereocenters. The third-order valence-corrected chi connectivity index (χ3v) is 17.4. The summed E-state index contributed by atoms with van der Waals surface area (Å²) in [6.45, 7) is 0. The van der Waals surface area contributed by atoms with E-state index in [0.29, 0.717) is 17.5 Å². The van der Waals surface area contributed by atoms with E-state index in [-0.39, 0.29) is 0 Å². The van der Waals surface area contributed by atoms with Crippen LogP contribution in [0.15, 0.2) is 243 Å². The minimum atomic E-state index is 0.555. The van der Waals surface area contributed by atoms with Gasteiger partial charge in [0.05, 0.1) is 27.8 Å². The highest BCUT2D eigenvalue weighted by Gasteiger charge is 2.25. The van der Waals surface area contributed by atoms with Gasteiger partial charge in [-0.3, -0.25) is 4.98 Å². The molecular weight excluding hydrogens is 965 g/mol. The molecule has 6 nitrogen and oxygen atoms in total. The molecule has 354 valence electrons. The molecule has 0 bridgehead atoms. The second-order valence-corrected chi connectivity index (χ2v) is 21.4. The lowest BCUT2D eigenvalue weighted by Crippen LogP contribution is -2.02. The molecule has 0 saturated heterocycles. The predicted octanol–water partition coefficient (Wildman–Crippen LogP) is 18.5. The standard InChI is InChI=1S/C68H40N6S2/c1-5-19-41(20-6-1)66-70-67(42-21-7-2-8-22-42)72-68(71-66)52-39-43(46-29-17-33-57-59(46)50-35-37-55-61(64(50)75-57)47-27-13-15-31-53(47)73(55)44-23-9-3-10-24-44)40-69-63(52)49-30-18-34-58-60(49)51-36-38-56-62(65(51)76-58)48-28-14-16-32-54(48)74(56)45-25-11-4-12-26-45/h1-40H. The summed E-state index contributed by atoms with van der Waals surface area (Å²) in [4.78, 5) is 21.5. The number of hydrogen-bond acceptors (Lipinski definition) is 6. The van der Waals surface area contributed by atoms with Gasteiger partial charge in [0.25, 0.3) is 0 Å². The Labute approximate surface area is 443 Å². The number of thiophene rings is 2. The second kappa shape index (κ2) is 17.0. The van der Waals surface area contributed by atoms with E-state index in [1.807, 2.05) is 59.1 Å². The first kappa shape index (κ1) is 42.9. The number of rotatable bonds is 7. The third kappa shape index (κ3) is 6.51. The number of benzene rings is 10. The molecule has 10 aromatic carbocycles. The van der Waals surface area contributed by atoms with Crippen LogP contribution < -0.4 is 0 Å².